The lowest BCUT2D eigenvalue weighted by Crippen LogP contribution is -2.49. The summed E-state index contributed by atoms with van der Waals surface area (Å²) in [4.78, 5) is 48.4. The average molecular weight is 649 g/mol. The fraction of sp³-hybridized carbons (Fsp3) is 0.323. The van der Waals surface area contributed by atoms with Crippen LogP contribution >= 0.6 is 11.6 Å². The van der Waals surface area contributed by atoms with E-state index in [1.807, 2.05) is 48.5 Å². The fourth-order valence-electron chi connectivity index (χ4n) is 5.26. The molecule has 5 rings (SSSR count). The van der Waals surface area contributed by atoms with Crippen LogP contribution in [0.1, 0.15) is 12.8 Å². The maximum Gasteiger partial charge on any atom is 0.247 e. The molecule has 3 N–H and O–H groups in total. The van der Waals surface area contributed by atoms with E-state index in [1.54, 1.807) is 23.9 Å². The van der Waals surface area contributed by atoms with Crippen molar-refractivity contribution in [1.82, 2.24) is 24.5 Å². The van der Waals surface area contributed by atoms with E-state index in [0.717, 1.165) is 16.8 Å². The van der Waals surface area contributed by atoms with E-state index in [-0.39, 0.29) is 17.8 Å². The van der Waals surface area contributed by atoms with Crippen LogP contribution in [0.25, 0.3) is 16.8 Å². The molecule has 0 atom stereocenters. The number of amides is 2. The van der Waals surface area contributed by atoms with Crippen LogP contribution in [0.5, 0.6) is 5.75 Å². The number of piperazine rings is 1. The van der Waals surface area contributed by atoms with Gasteiger partial charge in [-0.25, -0.2) is 14.5 Å². The Bertz CT molecular complexity index is 1720. The van der Waals surface area contributed by atoms with Crippen molar-refractivity contribution in [2.45, 2.75) is 32.0 Å². The van der Waals surface area contributed by atoms with Crippen molar-refractivity contribution in [3.05, 3.63) is 66.6 Å². The van der Waals surface area contributed by atoms with Crippen LogP contribution in [-0.2, 0) is 9.59 Å². The Kier molecular flexibility index (Phi) is 9.70. The zero-order chi connectivity index (χ0) is 32.1. The highest BCUT2D eigenvalue weighted by Crippen LogP contribution is 2.39. The Balaban J connectivity index is 1.38. The summed E-state index contributed by atoms with van der Waals surface area (Å²) in [6.45, 7) is 9.59. The molecule has 4 heterocycles. The molecule has 0 bridgehead atoms. The summed E-state index contributed by atoms with van der Waals surface area (Å²) in [6, 6.07) is 10.0. The van der Waals surface area contributed by atoms with Gasteiger partial charge in [-0.3, -0.25) is 9.59 Å². The van der Waals surface area contributed by atoms with Crippen LogP contribution in [0.3, 0.4) is 0 Å². The van der Waals surface area contributed by atoms with E-state index in [4.69, 9.17) is 16.3 Å². The second kappa shape index (κ2) is 13.7. The SMILES string of the molecule is C=CC(=O)Nc1cc(Nc2ncc(Cl)c(-c3cnn4ccccc34)n2)c(OC)cc1N1CCN(C(=O)CCC[Si](C)(C)O)CC1. The fourth-order valence-corrected chi connectivity index (χ4v) is 6.50. The van der Waals surface area contributed by atoms with Crippen molar-refractivity contribution in [2.24, 2.45) is 0 Å². The van der Waals surface area contributed by atoms with E-state index >= 15 is 0 Å². The molecule has 1 fully saturated rings. The van der Waals surface area contributed by atoms with Crippen molar-refractivity contribution >= 4 is 60.3 Å². The van der Waals surface area contributed by atoms with Crippen LogP contribution in [0, 0.1) is 0 Å². The quantitative estimate of drug-likeness (QED) is 0.152. The summed E-state index contributed by atoms with van der Waals surface area (Å²) in [5.41, 5.74) is 3.92. The molecule has 45 heavy (non-hydrogen) atoms. The molecular formula is C31H37ClN8O4Si. The Morgan fingerprint density at radius 3 is 2.64 bits per heavy atom. The van der Waals surface area contributed by atoms with Gasteiger partial charge in [0, 0.05) is 50.4 Å². The largest absolute Gasteiger partial charge is 0.494 e. The molecular weight excluding hydrogens is 612 g/mol. The van der Waals surface area contributed by atoms with Gasteiger partial charge in [0.2, 0.25) is 17.8 Å². The molecule has 1 aliphatic rings. The highest BCUT2D eigenvalue weighted by Gasteiger charge is 2.25. The van der Waals surface area contributed by atoms with Gasteiger partial charge in [-0.15, -0.1) is 0 Å². The first kappa shape index (κ1) is 31.9. The van der Waals surface area contributed by atoms with Crippen molar-refractivity contribution in [3.8, 4) is 17.0 Å². The van der Waals surface area contributed by atoms with Gasteiger partial charge in [0.15, 0.2) is 8.32 Å². The zero-order valence-corrected chi connectivity index (χ0v) is 27.3. The summed E-state index contributed by atoms with van der Waals surface area (Å²) >= 11 is 6.52. The number of halogens is 1. The smallest absolute Gasteiger partial charge is 0.247 e. The highest BCUT2D eigenvalue weighted by atomic mass is 35.5. The lowest BCUT2D eigenvalue weighted by atomic mass is 10.1. The van der Waals surface area contributed by atoms with Gasteiger partial charge in [-0.05, 0) is 49.8 Å². The molecule has 2 amide bonds. The number of nitrogens with one attached hydrogen (secondary N) is 2. The van der Waals surface area contributed by atoms with Crippen molar-refractivity contribution in [1.29, 1.82) is 0 Å². The number of aromatic nitrogens is 4. The van der Waals surface area contributed by atoms with E-state index in [2.05, 4.69) is 37.2 Å². The number of carbonyl (C=O) groups is 2. The number of hydrogen-bond acceptors (Lipinski definition) is 9. The second-order valence-electron chi connectivity index (χ2n) is 11.4. The van der Waals surface area contributed by atoms with E-state index in [1.165, 1.54) is 12.3 Å². The van der Waals surface area contributed by atoms with E-state index < -0.39 is 8.32 Å². The number of rotatable bonds is 11. The molecule has 0 unspecified atom stereocenters. The summed E-state index contributed by atoms with van der Waals surface area (Å²) in [5.74, 6) is 0.509. The normalized spacial score (nSPS) is 13.5. The standard InChI is InChI=1S/C31H37ClN8O4Si/c1-5-28(41)35-23-17-24(36-31-33-20-22(32)30(37-31)21-19-34-40-11-7-6-9-25(21)40)27(44-2)18-26(23)38-12-14-39(15-13-38)29(42)10-8-16-45(3,4)43/h5-7,9,11,17-20,43H,1,8,10,12-16H2,2-4H3,(H,35,41)(H,33,36,37). The summed E-state index contributed by atoms with van der Waals surface area (Å²) in [7, 11) is -0.611. The van der Waals surface area contributed by atoms with Gasteiger partial charge in [-0.2, -0.15) is 5.10 Å². The Hall–Kier alpha value is -4.46. The molecule has 236 valence electrons. The number of benzene rings is 1. The minimum Gasteiger partial charge on any atom is -0.494 e. The molecule has 1 aromatic carbocycles. The minimum atomic E-state index is -2.17. The number of nitrogens with zero attached hydrogens (tertiary/aromatic N) is 6. The van der Waals surface area contributed by atoms with Crippen LogP contribution < -0.4 is 20.3 Å². The van der Waals surface area contributed by atoms with Crippen molar-refractivity contribution in [3.63, 3.8) is 0 Å². The number of fused-ring (bicyclic) bond motifs is 1. The highest BCUT2D eigenvalue weighted by molar-refractivity contribution is 6.69. The number of carbonyl (C=O) groups excluding carboxylic acids is 2. The molecule has 3 aromatic heterocycles. The molecule has 1 aliphatic heterocycles. The van der Waals surface area contributed by atoms with Crippen molar-refractivity contribution in [2.75, 3.05) is 48.8 Å². The molecule has 4 aromatic rings. The van der Waals surface area contributed by atoms with E-state index in [0.29, 0.717) is 72.9 Å². The van der Waals surface area contributed by atoms with Gasteiger partial charge in [0.25, 0.3) is 0 Å². The number of ether oxygens (including phenoxy) is 1. The third kappa shape index (κ3) is 7.61. The third-order valence-corrected chi connectivity index (χ3v) is 9.44. The first-order valence-corrected chi connectivity index (χ1v) is 18.2. The average Bonchev–Trinajstić information content (AvgIpc) is 3.45. The first-order valence-electron chi connectivity index (χ1n) is 14.7. The lowest BCUT2D eigenvalue weighted by molar-refractivity contribution is -0.131. The molecule has 0 spiro atoms. The Labute approximate surface area is 267 Å². The maximum atomic E-state index is 12.8. The van der Waals surface area contributed by atoms with Crippen molar-refractivity contribution < 1.29 is 19.1 Å². The van der Waals surface area contributed by atoms with E-state index in [9.17, 15) is 14.4 Å². The summed E-state index contributed by atoms with van der Waals surface area (Å²) in [5, 5.41) is 10.9. The van der Waals surface area contributed by atoms with Gasteiger partial charge in [-0.1, -0.05) is 24.2 Å². The molecule has 12 nitrogen and oxygen atoms in total. The lowest BCUT2D eigenvalue weighted by Gasteiger charge is -2.37. The summed E-state index contributed by atoms with van der Waals surface area (Å²) in [6.07, 6.45) is 7.40. The second-order valence-corrected chi connectivity index (χ2v) is 15.9. The molecule has 1 saturated heterocycles. The van der Waals surface area contributed by atoms with Crippen LogP contribution in [0.4, 0.5) is 23.0 Å². The summed E-state index contributed by atoms with van der Waals surface area (Å²) < 4.78 is 7.49. The van der Waals surface area contributed by atoms with Crippen LogP contribution in [-0.4, -0.2) is 82.7 Å². The van der Waals surface area contributed by atoms with Gasteiger partial charge >= 0.3 is 0 Å². The minimum absolute atomic E-state index is 0.0941. The van der Waals surface area contributed by atoms with Gasteiger partial charge in [0.1, 0.15) is 5.75 Å². The van der Waals surface area contributed by atoms with Gasteiger partial charge in [0.05, 0.1) is 52.8 Å². The number of anilines is 4. The Morgan fingerprint density at radius 2 is 1.93 bits per heavy atom. The monoisotopic (exact) mass is 648 g/mol. The Morgan fingerprint density at radius 1 is 1.16 bits per heavy atom. The number of pyridine rings is 1. The first-order chi connectivity index (χ1) is 21.6. The number of methoxy groups -OCH3 is 1. The van der Waals surface area contributed by atoms with Gasteiger partial charge < -0.3 is 30.0 Å². The molecule has 0 aliphatic carbocycles. The topological polar surface area (TPSA) is 137 Å². The molecule has 0 radical (unpaired) electrons. The predicted molar refractivity (Wildman–Crippen MR) is 179 cm³/mol. The molecule has 0 saturated carbocycles. The number of hydrogen-bond donors (Lipinski definition) is 3. The van der Waals surface area contributed by atoms with Crippen LogP contribution in [0.2, 0.25) is 24.2 Å². The predicted octanol–water partition coefficient (Wildman–Crippen LogP) is 4.95. The maximum absolute atomic E-state index is 12.8. The zero-order valence-electron chi connectivity index (χ0n) is 25.6. The molecule has 14 heteroatoms. The van der Waals surface area contributed by atoms with Crippen LogP contribution in [0.15, 0.2) is 61.6 Å². The third-order valence-electron chi connectivity index (χ3n) is 7.59.